The molecule has 2 saturated heterocycles. The van der Waals surface area contributed by atoms with Crippen LogP contribution in [0.2, 0.25) is 0 Å². The van der Waals surface area contributed by atoms with Crippen LogP contribution < -0.4 is 5.73 Å². The Morgan fingerprint density at radius 2 is 1.44 bits per heavy atom. The van der Waals surface area contributed by atoms with Crippen LogP contribution >= 0.6 is 24.8 Å². The molecule has 0 bridgehead atoms. The minimum atomic E-state index is -0.519. The Balaban J connectivity index is 0.00000182. The lowest BCUT2D eigenvalue weighted by Crippen LogP contribution is -2.55. The first-order chi connectivity index (χ1) is 12.1. The average molecular weight is 417 g/mol. The van der Waals surface area contributed by atoms with Gasteiger partial charge >= 0.3 is 0 Å². The number of nitrogens with zero attached hydrogens (tertiary/aromatic N) is 3. The number of piperazine rings is 1. The molecule has 0 aromatic heterocycles. The van der Waals surface area contributed by atoms with E-state index in [0.717, 1.165) is 18.7 Å². The van der Waals surface area contributed by atoms with Crippen LogP contribution in [0.25, 0.3) is 0 Å². The number of carbonyl (C=O) groups excluding carboxylic acids is 2. The van der Waals surface area contributed by atoms with E-state index in [1.807, 2.05) is 35.2 Å². The predicted molar refractivity (Wildman–Crippen MR) is 111 cm³/mol. The van der Waals surface area contributed by atoms with E-state index in [0.29, 0.717) is 39.1 Å². The van der Waals surface area contributed by atoms with Gasteiger partial charge in [-0.2, -0.15) is 0 Å². The molecule has 0 radical (unpaired) electrons. The van der Waals surface area contributed by atoms with Crippen LogP contribution in [-0.2, 0) is 16.0 Å². The summed E-state index contributed by atoms with van der Waals surface area (Å²) in [6.07, 6.45) is 2.93. The van der Waals surface area contributed by atoms with Gasteiger partial charge in [-0.3, -0.25) is 14.5 Å². The number of nitrogens with two attached hydrogens (primary N) is 1. The van der Waals surface area contributed by atoms with E-state index in [9.17, 15) is 9.59 Å². The third kappa shape index (κ3) is 6.64. The van der Waals surface area contributed by atoms with Crippen molar-refractivity contribution >= 4 is 36.6 Å². The van der Waals surface area contributed by atoms with Gasteiger partial charge in [0, 0.05) is 26.2 Å². The number of likely N-dealkylation sites (tertiary alicyclic amines) is 1. The standard InChI is InChI=1S/C19H28N4O2.2ClH/c20-17(14-16-6-2-1-3-7-16)19(25)23-12-10-22(11-13-23)18(24)15-21-8-4-5-9-21;;/h1-3,6-7,17H,4-5,8-15,20H2;2*1H. The van der Waals surface area contributed by atoms with Gasteiger partial charge in [-0.25, -0.2) is 0 Å². The van der Waals surface area contributed by atoms with Crippen LogP contribution in [0.5, 0.6) is 0 Å². The number of halogens is 2. The van der Waals surface area contributed by atoms with Crippen molar-refractivity contribution < 1.29 is 9.59 Å². The second kappa shape index (κ2) is 11.5. The van der Waals surface area contributed by atoms with Gasteiger partial charge in [0.25, 0.3) is 0 Å². The van der Waals surface area contributed by atoms with E-state index in [1.54, 1.807) is 4.90 Å². The maximum Gasteiger partial charge on any atom is 0.239 e. The van der Waals surface area contributed by atoms with E-state index >= 15 is 0 Å². The Morgan fingerprint density at radius 3 is 2.04 bits per heavy atom. The fourth-order valence-corrected chi connectivity index (χ4v) is 3.60. The monoisotopic (exact) mass is 416 g/mol. The molecule has 6 nitrogen and oxygen atoms in total. The molecule has 1 atom stereocenters. The summed E-state index contributed by atoms with van der Waals surface area (Å²) < 4.78 is 0. The van der Waals surface area contributed by atoms with Crippen LogP contribution in [0.15, 0.2) is 30.3 Å². The van der Waals surface area contributed by atoms with Crippen molar-refractivity contribution in [2.24, 2.45) is 5.73 Å². The SMILES string of the molecule is Cl.Cl.NC(Cc1ccccc1)C(=O)N1CCN(C(=O)CN2CCCC2)CC1. The van der Waals surface area contributed by atoms with Gasteiger partial charge < -0.3 is 15.5 Å². The smallest absolute Gasteiger partial charge is 0.239 e. The molecule has 2 aliphatic rings. The first-order valence-electron chi connectivity index (χ1n) is 9.22. The minimum absolute atomic E-state index is 0. The van der Waals surface area contributed by atoms with Crippen LogP contribution in [0.1, 0.15) is 18.4 Å². The third-order valence-electron chi connectivity index (χ3n) is 5.12. The van der Waals surface area contributed by atoms with Gasteiger partial charge in [0.05, 0.1) is 12.6 Å². The second-order valence-corrected chi connectivity index (χ2v) is 6.99. The molecule has 1 unspecified atom stereocenters. The van der Waals surface area contributed by atoms with E-state index in [4.69, 9.17) is 5.73 Å². The summed E-state index contributed by atoms with van der Waals surface area (Å²) in [5.74, 6) is 0.165. The summed E-state index contributed by atoms with van der Waals surface area (Å²) >= 11 is 0. The quantitative estimate of drug-likeness (QED) is 0.781. The zero-order valence-corrected chi connectivity index (χ0v) is 17.2. The Kier molecular flexibility index (Phi) is 10.1. The maximum atomic E-state index is 12.5. The van der Waals surface area contributed by atoms with Crippen LogP contribution in [0.4, 0.5) is 0 Å². The Bertz CT molecular complexity index is 589. The number of hydrogen-bond acceptors (Lipinski definition) is 4. The molecule has 3 rings (SSSR count). The van der Waals surface area contributed by atoms with E-state index in [-0.39, 0.29) is 36.6 Å². The first-order valence-corrected chi connectivity index (χ1v) is 9.22. The second-order valence-electron chi connectivity index (χ2n) is 6.99. The van der Waals surface area contributed by atoms with Crippen molar-refractivity contribution in [1.82, 2.24) is 14.7 Å². The summed E-state index contributed by atoms with van der Waals surface area (Å²) in [6, 6.07) is 9.32. The highest BCUT2D eigenvalue weighted by atomic mass is 35.5. The highest BCUT2D eigenvalue weighted by Crippen LogP contribution is 2.10. The predicted octanol–water partition coefficient (Wildman–Crippen LogP) is 1.17. The Hall–Kier alpha value is -1.34. The lowest BCUT2D eigenvalue weighted by Gasteiger charge is -2.36. The van der Waals surface area contributed by atoms with E-state index in [2.05, 4.69) is 4.90 Å². The van der Waals surface area contributed by atoms with Gasteiger partial charge in [0.2, 0.25) is 11.8 Å². The summed E-state index contributed by atoms with van der Waals surface area (Å²) in [7, 11) is 0. The van der Waals surface area contributed by atoms with Crippen LogP contribution in [-0.4, -0.2) is 78.4 Å². The largest absolute Gasteiger partial charge is 0.338 e. The zero-order chi connectivity index (χ0) is 17.6. The molecule has 2 heterocycles. The molecule has 152 valence electrons. The van der Waals surface area contributed by atoms with Crippen molar-refractivity contribution in [1.29, 1.82) is 0 Å². The van der Waals surface area contributed by atoms with Crippen molar-refractivity contribution in [3.05, 3.63) is 35.9 Å². The highest BCUT2D eigenvalue weighted by molar-refractivity contribution is 5.85. The molecule has 1 aromatic rings. The lowest BCUT2D eigenvalue weighted by molar-refractivity contribution is -0.140. The average Bonchev–Trinajstić information content (AvgIpc) is 3.15. The molecular formula is C19H30Cl2N4O2. The summed E-state index contributed by atoms with van der Waals surface area (Å²) in [4.78, 5) is 30.8. The minimum Gasteiger partial charge on any atom is -0.338 e. The number of carbonyl (C=O) groups is 2. The molecular weight excluding hydrogens is 387 g/mol. The molecule has 1 aromatic carbocycles. The molecule has 8 heteroatoms. The van der Waals surface area contributed by atoms with Gasteiger partial charge in [-0.15, -0.1) is 24.8 Å². The normalized spacial score (nSPS) is 18.4. The molecule has 2 N–H and O–H groups in total. The Labute approximate surface area is 173 Å². The zero-order valence-electron chi connectivity index (χ0n) is 15.6. The van der Waals surface area contributed by atoms with Crippen molar-refractivity contribution in [3.63, 3.8) is 0 Å². The fraction of sp³-hybridized carbons (Fsp3) is 0.579. The number of rotatable bonds is 5. The number of amides is 2. The first kappa shape index (κ1) is 23.7. The summed E-state index contributed by atoms with van der Waals surface area (Å²) in [6.45, 7) is 4.94. The van der Waals surface area contributed by atoms with Gasteiger partial charge in [-0.05, 0) is 37.9 Å². The van der Waals surface area contributed by atoms with Gasteiger partial charge in [0.15, 0.2) is 0 Å². The number of benzene rings is 1. The molecule has 2 amide bonds. The van der Waals surface area contributed by atoms with Crippen molar-refractivity contribution in [2.45, 2.75) is 25.3 Å². The van der Waals surface area contributed by atoms with E-state index < -0.39 is 6.04 Å². The topological polar surface area (TPSA) is 69.9 Å². The van der Waals surface area contributed by atoms with Crippen molar-refractivity contribution in [2.75, 3.05) is 45.8 Å². The molecule has 0 spiro atoms. The highest BCUT2D eigenvalue weighted by Gasteiger charge is 2.28. The summed E-state index contributed by atoms with van der Waals surface area (Å²) in [5, 5.41) is 0. The van der Waals surface area contributed by atoms with Gasteiger partial charge in [0.1, 0.15) is 0 Å². The molecule has 0 saturated carbocycles. The van der Waals surface area contributed by atoms with Crippen LogP contribution in [0, 0.1) is 0 Å². The maximum absolute atomic E-state index is 12.5. The third-order valence-corrected chi connectivity index (χ3v) is 5.12. The molecule has 2 fully saturated rings. The molecule has 0 aliphatic carbocycles. The Morgan fingerprint density at radius 1 is 0.889 bits per heavy atom. The molecule has 2 aliphatic heterocycles. The van der Waals surface area contributed by atoms with Crippen LogP contribution in [0.3, 0.4) is 0 Å². The van der Waals surface area contributed by atoms with Crippen molar-refractivity contribution in [3.8, 4) is 0 Å². The lowest BCUT2D eigenvalue weighted by atomic mass is 10.1. The summed E-state index contributed by atoms with van der Waals surface area (Å²) in [5.41, 5.74) is 7.18. The van der Waals surface area contributed by atoms with E-state index in [1.165, 1.54) is 12.8 Å². The van der Waals surface area contributed by atoms with Gasteiger partial charge in [-0.1, -0.05) is 30.3 Å². The fourth-order valence-electron chi connectivity index (χ4n) is 3.60. The number of hydrogen-bond donors (Lipinski definition) is 1. The molecule has 27 heavy (non-hydrogen) atoms.